The highest BCUT2D eigenvalue weighted by Crippen LogP contribution is 2.29. The van der Waals surface area contributed by atoms with Crippen molar-refractivity contribution in [2.75, 3.05) is 5.32 Å². The summed E-state index contributed by atoms with van der Waals surface area (Å²) < 4.78 is 1.54. The van der Waals surface area contributed by atoms with E-state index in [1.165, 1.54) is 6.08 Å². The molecule has 1 amide bonds. The average molecular weight is 551 g/mol. The van der Waals surface area contributed by atoms with Crippen LogP contribution in [0, 0.1) is 18.5 Å². The van der Waals surface area contributed by atoms with E-state index in [1.54, 1.807) is 36.4 Å². The van der Waals surface area contributed by atoms with Gasteiger partial charge in [0.25, 0.3) is 5.91 Å². The van der Waals surface area contributed by atoms with E-state index in [9.17, 15) is 15.2 Å². The molecule has 0 saturated heterocycles. The number of benzene rings is 2. The fourth-order valence-electron chi connectivity index (χ4n) is 1.73. The first kappa shape index (κ1) is 18.0. The Bertz CT molecular complexity index is 827. The molecule has 2 N–H and O–H groups in total. The van der Waals surface area contributed by atoms with Crippen molar-refractivity contribution >= 4 is 74.5 Å². The minimum atomic E-state index is -0.553. The number of aromatic hydroxyl groups is 1. The van der Waals surface area contributed by atoms with Crippen LogP contribution in [0.3, 0.4) is 0 Å². The lowest BCUT2D eigenvalue weighted by Gasteiger charge is -2.06. The molecule has 116 valence electrons. The molecule has 0 fully saturated rings. The van der Waals surface area contributed by atoms with Gasteiger partial charge in [-0.25, -0.2) is 0 Å². The molecule has 0 bridgehead atoms. The summed E-state index contributed by atoms with van der Waals surface area (Å²) in [5.74, 6) is -0.513. The predicted molar refractivity (Wildman–Crippen MR) is 107 cm³/mol. The molecule has 0 spiro atoms. The minimum absolute atomic E-state index is 0.0399. The van der Waals surface area contributed by atoms with Gasteiger partial charge in [-0.3, -0.25) is 4.79 Å². The summed E-state index contributed by atoms with van der Waals surface area (Å²) in [6, 6.07) is 11.9. The van der Waals surface area contributed by atoms with E-state index in [1.807, 2.05) is 28.7 Å². The molecular formula is C16H9ClI2N2O2. The summed E-state index contributed by atoms with van der Waals surface area (Å²) in [4.78, 5) is 12.2. The highest BCUT2D eigenvalue weighted by Gasteiger charge is 2.12. The monoisotopic (exact) mass is 550 g/mol. The molecule has 2 aromatic rings. The summed E-state index contributed by atoms with van der Waals surface area (Å²) in [7, 11) is 0. The van der Waals surface area contributed by atoms with Crippen LogP contribution in [0.15, 0.2) is 42.0 Å². The van der Waals surface area contributed by atoms with Crippen molar-refractivity contribution in [2.45, 2.75) is 0 Å². The van der Waals surface area contributed by atoms with E-state index in [2.05, 4.69) is 27.9 Å². The first-order valence-corrected chi connectivity index (χ1v) is 8.81. The number of hydrogen-bond donors (Lipinski definition) is 2. The Hall–Kier alpha value is -1.31. The van der Waals surface area contributed by atoms with Crippen LogP contribution in [0.25, 0.3) is 6.08 Å². The highest BCUT2D eigenvalue weighted by molar-refractivity contribution is 14.1. The molecule has 0 heterocycles. The summed E-state index contributed by atoms with van der Waals surface area (Å²) in [5.41, 5.74) is 0.846. The molecule has 0 aliphatic carbocycles. The average Bonchev–Trinajstić information content (AvgIpc) is 2.51. The van der Waals surface area contributed by atoms with Crippen molar-refractivity contribution in [1.82, 2.24) is 0 Å². The first-order valence-electron chi connectivity index (χ1n) is 6.27. The van der Waals surface area contributed by atoms with Crippen molar-refractivity contribution < 1.29 is 9.90 Å². The van der Waals surface area contributed by atoms with E-state index in [-0.39, 0.29) is 11.3 Å². The number of phenolic OH excluding ortho intramolecular Hbond substituents is 1. The maximum atomic E-state index is 12.2. The molecule has 0 saturated carbocycles. The van der Waals surface area contributed by atoms with Crippen LogP contribution in [-0.2, 0) is 4.79 Å². The lowest BCUT2D eigenvalue weighted by atomic mass is 10.1. The third-order valence-electron chi connectivity index (χ3n) is 2.82. The molecule has 0 aliphatic heterocycles. The largest absolute Gasteiger partial charge is 0.506 e. The number of nitrogens with zero attached hydrogens (tertiary/aromatic N) is 1. The topological polar surface area (TPSA) is 73.1 Å². The second kappa shape index (κ2) is 7.99. The van der Waals surface area contributed by atoms with E-state index >= 15 is 0 Å². The molecule has 0 atom stereocenters. The number of anilines is 1. The second-order valence-corrected chi connectivity index (χ2v) is 7.30. The molecule has 0 radical (unpaired) electrons. The SMILES string of the molecule is N#C/C(=C/c1cc(I)cc(I)c1O)C(=O)Nc1ccc(Cl)cc1. The summed E-state index contributed by atoms with van der Waals surface area (Å²) in [6.45, 7) is 0. The number of phenols is 1. The Morgan fingerprint density at radius 2 is 1.91 bits per heavy atom. The van der Waals surface area contributed by atoms with Crippen molar-refractivity contribution in [3.63, 3.8) is 0 Å². The lowest BCUT2D eigenvalue weighted by Crippen LogP contribution is -2.13. The van der Waals surface area contributed by atoms with Gasteiger partial charge in [0.2, 0.25) is 0 Å². The Morgan fingerprint density at radius 1 is 1.26 bits per heavy atom. The molecule has 7 heteroatoms. The van der Waals surface area contributed by atoms with Gasteiger partial charge in [0.1, 0.15) is 17.4 Å². The molecule has 0 aromatic heterocycles. The molecule has 23 heavy (non-hydrogen) atoms. The van der Waals surface area contributed by atoms with Crippen LogP contribution < -0.4 is 5.32 Å². The third-order valence-corrected chi connectivity index (χ3v) is 4.52. The van der Waals surface area contributed by atoms with Crippen LogP contribution in [0.5, 0.6) is 5.75 Å². The number of hydrogen-bond acceptors (Lipinski definition) is 3. The third kappa shape index (κ3) is 4.83. The fourth-order valence-corrected chi connectivity index (χ4v) is 3.75. The molecule has 2 rings (SSSR count). The van der Waals surface area contributed by atoms with Gasteiger partial charge in [-0.05, 0) is 87.7 Å². The smallest absolute Gasteiger partial charge is 0.266 e. The van der Waals surface area contributed by atoms with Gasteiger partial charge in [0.05, 0.1) is 3.57 Å². The van der Waals surface area contributed by atoms with Crippen LogP contribution in [-0.4, -0.2) is 11.0 Å². The van der Waals surface area contributed by atoms with Crippen molar-refractivity contribution in [3.8, 4) is 11.8 Å². The summed E-state index contributed by atoms with van der Waals surface area (Å²) >= 11 is 9.88. The highest BCUT2D eigenvalue weighted by atomic mass is 127. The maximum Gasteiger partial charge on any atom is 0.266 e. The predicted octanol–water partition coefficient (Wildman–Crippen LogP) is 4.80. The van der Waals surface area contributed by atoms with Gasteiger partial charge < -0.3 is 10.4 Å². The summed E-state index contributed by atoms with van der Waals surface area (Å²) in [6.07, 6.45) is 1.37. The first-order chi connectivity index (χ1) is 10.9. The van der Waals surface area contributed by atoms with Gasteiger partial charge in [-0.1, -0.05) is 11.6 Å². The Kier molecular flexibility index (Phi) is 6.26. The van der Waals surface area contributed by atoms with Crippen molar-refractivity contribution in [3.05, 3.63) is 59.7 Å². The van der Waals surface area contributed by atoms with Gasteiger partial charge >= 0.3 is 0 Å². The number of amides is 1. The lowest BCUT2D eigenvalue weighted by molar-refractivity contribution is -0.112. The number of carbonyl (C=O) groups is 1. The van der Waals surface area contributed by atoms with Crippen molar-refractivity contribution in [1.29, 1.82) is 5.26 Å². The molecule has 0 unspecified atom stereocenters. The zero-order valence-electron chi connectivity index (χ0n) is 11.5. The van der Waals surface area contributed by atoms with E-state index < -0.39 is 5.91 Å². The van der Waals surface area contributed by atoms with Crippen LogP contribution >= 0.6 is 56.8 Å². The fraction of sp³-hybridized carbons (Fsp3) is 0. The molecular weight excluding hydrogens is 541 g/mol. The Labute approximate surface area is 165 Å². The molecule has 0 aliphatic rings. The maximum absolute atomic E-state index is 12.2. The minimum Gasteiger partial charge on any atom is -0.506 e. The number of nitriles is 1. The Morgan fingerprint density at radius 3 is 2.52 bits per heavy atom. The van der Waals surface area contributed by atoms with E-state index in [0.29, 0.717) is 19.8 Å². The van der Waals surface area contributed by atoms with Gasteiger partial charge in [0, 0.05) is 19.8 Å². The zero-order chi connectivity index (χ0) is 17.0. The van der Waals surface area contributed by atoms with Crippen molar-refractivity contribution in [2.24, 2.45) is 0 Å². The van der Waals surface area contributed by atoms with Crippen LogP contribution in [0.4, 0.5) is 5.69 Å². The Balaban J connectivity index is 2.30. The number of rotatable bonds is 3. The number of carbonyl (C=O) groups excluding carboxylic acids is 1. The zero-order valence-corrected chi connectivity index (χ0v) is 16.5. The molecule has 2 aromatic carbocycles. The van der Waals surface area contributed by atoms with Gasteiger partial charge in [-0.15, -0.1) is 0 Å². The molecule has 4 nitrogen and oxygen atoms in total. The second-order valence-electron chi connectivity index (χ2n) is 4.46. The van der Waals surface area contributed by atoms with E-state index in [0.717, 1.165) is 3.57 Å². The van der Waals surface area contributed by atoms with E-state index in [4.69, 9.17) is 11.6 Å². The van der Waals surface area contributed by atoms with Gasteiger partial charge in [-0.2, -0.15) is 5.26 Å². The quantitative estimate of drug-likeness (QED) is 0.328. The van der Waals surface area contributed by atoms with Crippen LogP contribution in [0.2, 0.25) is 5.02 Å². The number of halogens is 3. The number of nitrogens with one attached hydrogen (secondary N) is 1. The van der Waals surface area contributed by atoms with Gasteiger partial charge in [0.15, 0.2) is 0 Å². The summed E-state index contributed by atoms with van der Waals surface area (Å²) in [5, 5.41) is 22.4. The normalized spacial score (nSPS) is 11.0. The standard InChI is InChI=1S/C16H9ClI2N2O2/c17-11-1-3-13(4-2-11)21-16(23)10(8-20)5-9-6-12(18)7-14(19)15(9)22/h1-7,22H,(H,21,23)/b10-5-. The van der Waals surface area contributed by atoms with Crippen LogP contribution in [0.1, 0.15) is 5.56 Å².